The maximum absolute atomic E-state index is 2.41. The number of hydrogen-bond acceptors (Lipinski definition) is 0. The molecule has 0 heterocycles. The third kappa shape index (κ3) is 4.83. The fraction of sp³-hybridized carbons (Fsp3) is 0.625. The van der Waals surface area contributed by atoms with E-state index in [-0.39, 0.29) is 0 Å². The average molecular weight is 218 g/mol. The Morgan fingerprint density at radius 1 is 1.25 bits per heavy atom. The van der Waals surface area contributed by atoms with Crippen LogP contribution in [0.2, 0.25) is 0 Å². The lowest BCUT2D eigenvalue weighted by atomic mass is 9.91. The SMILES string of the molecule is CC1=C(C)CCC(CCC/C=C/C(C)C)=C1. The van der Waals surface area contributed by atoms with Gasteiger partial charge in [-0.15, -0.1) is 0 Å². The molecule has 0 heteroatoms. The van der Waals surface area contributed by atoms with E-state index in [0.29, 0.717) is 5.92 Å². The number of unbranched alkanes of at least 4 members (excludes halogenated alkanes) is 1. The zero-order valence-electron chi connectivity index (χ0n) is 11.3. The van der Waals surface area contributed by atoms with E-state index < -0.39 is 0 Å². The Morgan fingerprint density at radius 3 is 2.62 bits per heavy atom. The van der Waals surface area contributed by atoms with Crippen molar-refractivity contribution in [2.75, 3.05) is 0 Å². The molecule has 0 unspecified atom stereocenters. The quantitative estimate of drug-likeness (QED) is 0.426. The first-order valence-corrected chi connectivity index (χ1v) is 6.62. The first kappa shape index (κ1) is 13.3. The van der Waals surface area contributed by atoms with Crippen molar-refractivity contribution in [3.63, 3.8) is 0 Å². The van der Waals surface area contributed by atoms with E-state index >= 15 is 0 Å². The minimum Gasteiger partial charge on any atom is -0.0883 e. The molecule has 0 amide bonds. The van der Waals surface area contributed by atoms with E-state index in [1.165, 1.54) is 37.7 Å². The highest BCUT2D eigenvalue weighted by molar-refractivity contribution is 5.31. The van der Waals surface area contributed by atoms with E-state index in [9.17, 15) is 0 Å². The van der Waals surface area contributed by atoms with Crippen LogP contribution >= 0.6 is 0 Å². The van der Waals surface area contributed by atoms with Crippen LogP contribution in [0.5, 0.6) is 0 Å². The van der Waals surface area contributed by atoms with Gasteiger partial charge >= 0.3 is 0 Å². The highest BCUT2D eigenvalue weighted by atomic mass is 14.1. The molecular weight excluding hydrogens is 192 g/mol. The molecule has 0 saturated carbocycles. The van der Waals surface area contributed by atoms with Crippen molar-refractivity contribution in [1.82, 2.24) is 0 Å². The normalized spacial score (nSPS) is 17.4. The second kappa shape index (κ2) is 6.73. The van der Waals surface area contributed by atoms with Crippen molar-refractivity contribution < 1.29 is 0 Å². The molecule has 0 aromatic carbocycles. The van der Waals surface area contributed by atoms with Crippen molar-refractivity contribution in [3.8, 4) is 0 Å². The highest BCUT2D eigenvalue weighted by Gasteiger charge is 2.06. The van der Waals surface area contributed by atoms with Gasteiger partial charge in [0.1, 0.15) is 0 Å². The zero-order valence-corrected chi connectivity index (χ0v) is 11.3. The fourth-order valence-corrected chi connectivity index (χ4v) is 2.06. The maximum atomic E-state index is 2.41. The molecule has 0 bridgehead atoms. The second-order valence-electron chi connectivity index (χ2n) is 5.33. The number of hydrogen-bond donors (Lipinski definition) is 0. The Kier molecular flexibility index (Phi) is 5.59. The predicted molar refractivity (Wildman–Crippen MR) is 73.5 cm³/mol. The molecule has 0 spiro atoms. The molecule has 0 aromatic rings. The van der Waals surface area contributed by atoms with Crippen LogP contribution in [0.15, 0.2) is 34.9 Å². The first-order valence-electron chi connectivity index (χ1n) is 6.62. The van der Waals surface area contributed by atoms with Gasteiger partial charge in [0.05, 0.1) is 0 Å². The van der Waals surface area contributed by atoms with Crippen LogP contribution in [0, 0.1) is 5.92 Å². The summed E-state index contributed by atoms with van der Waals surface area (Å²) < 4.78 is 0. The monoisotopic (exact) mass is 218 g/mol. The van der Waals surface area contributed by atoms with Gasteiger partial charge in [-0.2, -0.15) is 0 Å². The summed E-state index contributed by atoms with van der Waals surface area (Å²) in [4.78, 5) is 0. The third-order valence-electron chi connectivity index (χ3n) is 3.30. The van der Waals surface area contributed by atoms with Gasteiger partial charge in [0.2, 0.25) is 0 Å². The molecule has 1 rings (SSSR count). The molecule has 1 aliphatic carbocycles. The summed E-state index contributed by atoms with van der Waals surface area (Å²) >= 11 is 0. The van der Waals surface area contributed by atoms with Crippen molar-refractivity contribution in [2.24, 2.45) is 5.92 Å². The van der Waals surface area contributed by atoms with Crippen LogP contribution in [0.3, 0.4) is 0 Å². The lowest BCUT2D eigenvalue weighted by Crippen LogP contribution is -1.95. The molecule has 0 aromatic heterocycles. The Hall–Kier alpha value is -0.780. The Labute approximate surface area is 101 Å². The standard InChI is InChI=1S/C16H26/c1-13(2)8-6-5-7-9-16-11-10-14(3)15(4)12-16/h6,8,12-13H,5,7,9-11H2,1-4H3/b8-6+. The predicted octanol–water partition coefficient (Wildman–Crippen LogP) is 5.43. The van der Waals surface area contributed by atoms with Gasteiger partial charge in [-0.1, -0.05) is 48.8 Å². The van der Waals surface area contributed by atoms with Gasteiger partial charge in [0.15, 0.2) is 0 Å². The first-order chi connectivity index (χ1) is 7.59. The molecule has 0 nitrogen and oxygen atoms in total. The molecule has 1 aliphatic rings. The topological polar surface area (TPSA) is 0 Å². The third-order valence-corrected chi connectivity index (χ3v) is 3.30. The largest absolute Gasteiger partial charge is 0.0883 e. The van der Waals surface area contributed by atoms with Gasteiger partial charge in [0, 0.05) is 0 Å². The van der Waals surface area contributed by atoms with E-state index in [1.807, 2.05) is 0 Å². The maximum Gasteiger partial charge on any atom is -0.0280 e. The molecule has 90 valence electrons. The van der Waals surface area contributed by atoms with Crippen LogP contribution in [0.1, 0.15) is 59.8 Å². The van der Waals surface area contributed by atoms with Gasteiger partial charge in [-0.25, -0.2) is 0 Å². The summed E-state index contributed by atoms with van der Waals surface area (Å²) in [7, 11) is 0. The lowest BCUT2D eigenvalue weighted by Gasteiger charge is -2.15. The Balaban J connectivity index is 2.27. The van der Waals surface area contributed by atoms with Gasteiger partial charge < -0.3 is 0 Å². The summed E-state index contributed by atoms with van der Waals surface area (Å²) in [6, 6.07) is 0. The van der Waals surface area contributed by atoms with Gasteiger partial charge in [0.25, 0.3) is 0 Å². The van der Waals surface area contributed by atoms with Gasteiger partial charge in [-0.3, -0.25) is 0 Å². The highest BCUT2D eigenvalue weighted by Crippen LogP contribution is 2.26. The van der Waals surface area contributed by atoms with E-state index in [0.717, 1.165) is 0 Å². The molecule has 0 radical (unpaired) electrons. The molecule has 0 N–H and O–H groups in total. The van der Waals surface area contributed by atoms with E-state index in [1.54, 1.807) is 11.1 Å². The average Bonchev–Trinajstić information content (AvgIpc) is 2.22. The minimum atomic E-state index is 0.696. The van der Waals surface area contributed by atoms with Crippen molar-refractivity contribution in [1.29, 1.82) is 0 Å². The molecule has 16 heavy (non-hydrogen) atoms. The van der Waals surface area contributed by atoms with Crippen LogP contribution in [-0.4, -0.2) is 0 Å². The second-order valence-corrected chi connectivity index (χ2v) is 5.33. The molecular formula is C16H26. The van der Waals surface area contributed by atoms with Crippen molar-refractivity contribution in [2.45, 2.75) is 59.8 Å². The Morgan fingerprint density at radius 2 is 2.00 bits per heavy atom. The minimum absolute atomic E-state index is 0.696. The Bertz CT molecular complexity index is 300. The molecule has 0 aliphatic heterocycles. The summed E-state index contributed by atoms with van der Waals surface area (Å²) in [6.45, 7) is 8.97. The summed E-state index contributed by atoms with van der Waals surface area (Å²) in [5.74, 6) is 0.696. The summed E-state index contributed by atoms with van der Waals surface area (Å²) in [6.07, 6.45) is 13.4. The number of allylic oxidation sites excluding steroid dienone is 6. The van der Waals surface area contributed by atoms with Crippen LogP contribution < -0.4 is 0 Å². The van der Waals surface area contributed by atoms with E-state index in [4.69, 9.17) is 0 Å². The zero-order chi connectivity index (χ0) is 12.0. The lowest BCUT2D eigenvalue weighted by molar-refractivity contribution is 0.754. The van der Waals surface area contributed by atoms with Crippen LogP contribution in [-0.2, 0) is 0 Å². The number of rotatable bonds is 5. The van der Waals surface area contributed by atoms with E-state index in [2.05, 4.69) is 45.9 Å². The molecule has 0 saturated heterocycles. The van der Waals surface area contributed by atoms with Crippen LogP contribution in [0.25, 0.3) is 0 Å². The smallest absolute Gasteiger partial charge is 0.0280 e. The van der Waals surface area contributed by atoms with Crippen molar-refractivity contribution in [3.05, 3.63) is 34.9 Å². The summed E-state index contributed by atoms with van der Waals surface area (Å²) in [5.41, 5.74) is 4.73. The molecule has 0 fully saturated rings. The fourth-order valence-electron chi connectivity index (χ4n) is 2.06. The summed E-state index contributed by atoms with van der Waals surface area (Å²) in [5, 5.41) is 0. The van der Waals surface area contributed by atoms with Crippen LogP contribution in [0.4, 0.5) is 0 Å². The van der Waals surface area contributed by atoms with Gasteiger partial charge in [-0.05, 0) is 51.9 Å². The van der Waals surface area contributed by atoms with Crippen molar-refractivity contribution >= 4 is 0 Å². The molecule has 0 atom stereocenters.